The Labute approximate surface area is 134 Å². The number of anilines is 1. The molecule has 0 fully saturated rings. The fourth-order valence-corrected chi connectivity index (χ4v) is 2.33. The Bertz CT molecular complexity index is 701. The second-order valence-electron chi connectivity index (χ2n) is 5.24. The van der Waals surface area contributed by atoms with Crippen molar-refractivity contribution in [2.45, 2.75) is 6.92 Å². The summed E-state index contributed by atoms with van der Waals surface area (Å²) in [5, 5.41) is 13.9. The van der Waals surface area contributed by atoms with Crippen LogP contribution in [0.3, 0.4) is 0 Å². The van der Waals surface area contributed by atoms with Crippen molar-refractivity contribution in [1.29, 1.82) is 0 Å². The van der Waals surface area contributed by atoms with Crippen LogP contribution in [0.15, 0.2) is 48.5 Å². The van der Waals surface area contributed by atoms with Crippen molar-refractivity contribution >= 4 is 17.3 Å². The van der Waals surface area contributed by atoms with Crippen molar-refractivity contribution in [2.75, 3.05) is 25.0 Å². The number of likely N-dealkylation sites (N-methyl/N-ethyl adjacent to an activating group) is 1. The third-order valence-electron chi connectivity index (χ3n) is 3.59. The van der Waals surface area contributed by atoms with E-state index in [1.54, 1.807) is 19.1 Å². The van der Waals surface area contributed by atoms with E-state index in [9.17, 15) is 14.9 Å². The molecular weight excluding hydrogens is 294 g/mol. The number of nitro benzene ring substituents is 1. The van der Waals surface area contributed by atoms with E-state index in [0.29, 0.717) is 18.7 Å². The number of benzene rings is 2. The van der Waals surface area contributed by atoms with Crippen LogP contribution in [-0.4, -0.2) is 31.0 Å². The average Bonchev–Trinajstić information content (AvgIpc) is 2.54. The number of carbonyl (C=O) groups excluding carboxylic acids is 1. The molecule has 1 amide bonds. The first-order chi connectivity index (χ1) is 11.0. The molecule has 0 atom stereocenters. The molecule has 2 aromatic carbocycles. The molecule has 0 bridgehead atoms. The summed E-state index contributed by atoms with van der Waals surface area (Å²) in [5.41, 5.74) is 1.48. The number of nitrogens with zero attached hydrogens (tertiary/aromatic N) is 2. The zero-order valence-electron chi connectivity index (χ0n) is 13.2. The number of amides is 1. The van der Waals surface area contributed by atoms with Gasteiger partial charge in [-0.2, -0.15) is 0 Å². The fraction of sp³-hybridized carbons (Fsp3) is 0.235. The molecule has 2 rings (SSSR count). The molecule has 0 saturated heterocycles. The van der Waals surface area contributed by atoms with E-state index in [1.165, 1.54) is 6.07 Å². The predicted molar refractivity (Wildman–Crippen MR) is 89.9 cm³/mol. The Morgan fingerprint density at radius 2 is 1.87 bits per heavy atom. The molecule has 0 heterocycles. The lowest BCUT2D eigenvalue weighted by atomic mass is 10.1. The molecule has 0 radical (unpaired) electrons. The van der Waals surface area contributed by atoms with Crippen LogP contribution in [0.25, 0.3) is 0 Å². The van der Waals surface area contributed by atoms with E-state index in [0.717, 1.165) is 5.69 Å². The molecule has 120 valence electrons. The monoisotopic (exact) mass is 313 g/mol. The van der Waals surface area contributed by atoms with Crippen LogP contribution in [0.4, 0.5) is 11.4 Å². The van der Waals surface area contributed by atoms with E-state index in [-0.39, 0.29) is 11.3 Å². The van der Waals surface area contributed by atoms with Gasteiger partial charge in [-0.1, -0.05) is 30.3 Å². The highest BCUT2D eigenvalue weighted by atomic mass is 16.6. The second-order valence-corrected chi connectivity index (χ2v) is 5.24. The van der Waals surface area contributed by atoms with Crippen molar-refractivity contribution in [3.8, 4) is 0 Å². The first-order valence-corrected chi connectivity index (χ1v) is 7.29. The molecule has 1 N–H and O–H groups in total. The van der Waals surface area contributed by atoms with Gasteiger partial charge in [-0.15, -0.1) is 0 Å². The summed E-state index contributed by atoms with van der Waals surface area (Å²) in [5.74, 6) is -0.429. The van der Waals surface area contributed by atoms with Crippen LogP contribution in [0.5, 0.6) is 0 Å². The van der Waals surface area contributed by atoms with E-state index >= 15 is 0 Å². The van der Waals surface area contributed by atoms with Crippen LogP contribution in [-0.2, 0) is 0 Å². The number of carbonyl (C=O) groups is 1. The zero-order chi connectivity index (χ0) is 16.8. The Kier molecular flexibility index (Phi) is 5.30. The summed E-state index contributed by atoms with van der Waals surface area (Å²) in [6.07, 6.45) is 0. The molecule has 2 aromatic rings. The van der Waals surface area contributed by atoms with Crippen molar-refractivity contribution in [3.63, 3.8) is 0 Å². The standard InChI is InChI=1S/C17H19N3O3/c1-13-7-6-10-15(16(13)20(22)23)17(21)18-11-12-19(2)14-8-4-3-5-9-14/h3-10H,11-12H2,1-2H3,(H,18,21). The van der Waals surface area contributed by atoms with Crippen molar-refractivity contribution in [2.24, 2.45) is 0 Å². The lowest BCUT2D eigenvalue weighted by Gasteiger charge is -2.19. The topological polar surface area (TPSA) is 75.5 Å². The van der Waals surface area contributed by atoms with Crippen molar-refractivity contribution < 1.29 is 9.72 Å². The summed E-state index contributed by atoms with van der Waals surface area (Å²) in [4.78, 5) is 24.8. The molecule has 0 aliphatic carbocycles. The highest BCUT2D eigenvalue weighted by Crippen LogP contribution is 2.22. The third kappa shape index (κ3) is 4.06. The number of nitro groups is 1. The van der Waals surface area contributed by atoms with Gasteiger partial charge in [-0.3, -0.25) is 14.9 Å². The Morgan fingerprint density at radius 3 is 2.52 bits per heavy atom. The van der Waals surface area contributed by atoms with E-state index in [2.05, 4.69) is 5.32 Å². The highest BCUT2D eigenvalue weighted by molar-refractivity contribution is 5.98. The van der Waals surface area contributed by atoms with E-state index < -0.39 is 10.8 Å². The lowest BCUT2D eigenvalue weighted by molar-refractivity contribution is -0.385. The Balaban J connectivity index is 1.98. The van der Waals surface area contributed by atoms with Gasteiger partial charge in [0.15, 0.2) is 0 Å². The maximum Gasteiger partial charge on any atom is 0.285 e. The first kappa shape index (κ1) is 16.5. The molecule has 6 nitrogen and oxygen atoms in total. The molecule has 0 aliphatic heterocycles. The predicted octanol–water partition coefficient (Wildman–Crippen LogP) is 2.77. The van der Waals surface area contributed by atoms with Gasteiger partial charge >= 0.3 is 0 Å². The van der Waals surface area contributed by atoms with E-state index in [1.807, 2.05) is 42.3 Å². The maximum atomic E-state index is 12.2. The van der Waals surface area contributed by atoms with Crippen LogP contribution >= 0.6 is 0 Å². The summed E-state index contributed by atoms with van der Waals surface area (Å²) >= 11 is 0. The van der Waals surface area contributed by atoms with Gasteiger partial charge in [0, 0.05) is 31.4 Å². The van der Waals surface area contributed by atoms with Crippen LogP contribution in [0.2, 0.25) is 0 Å². The van der Waals surface area contributed by atoms with Crippen molar-refractivity contribution in [1.82, 2.24) is 5.32 Å². The summed E-state index contributed by atoms with van der Waals surface area (Å²) < 4.78 is 0. The Hall–Kier alpha value is -2.89. The number of aryl methyl sites for hydroxylation is 1. The first-order valence-electron chi connectivity index (χ1n) is 7.29. The third-order valence-corrected chi connectivity index (χ3v) is 3.59. The molecule has 0 unspecified atom stereocenters. The highest BCUT2D eigenvalue weighted by Gasteiger charge is 2.21. The number of hydrogen-bond acceptors (Lipinski definition) is 4. The number of hydrogen-bond donors (Lipinski definition) is 1. The van der Waals surface area contributed by atoms with Gasteiger partial charge in [0.2, 0.25) is 0 Å². The molecule has 0 aromatic heterocycles. The van der Waals surface area contributed by atoms with Crippen molar-refractivity contribution in [3.05, 3.63) is 69.8 Å². The Morgan fingerprint density at radius 1 is 1.17 bits per heavy atom. The van der Waals surface area contributed by atoms with Crippen LogP contribution in [0.1, 0.15) is 15.9 Å². The number of nitrogens with one attached hydrogen (secondary N) is 1. The van der Waals surface area contributed by atoms with Gasteiger partial charge in [0.05, 0.1) is 4.92 Å². The molecule has 6 heteroatoms. The average molecular weight is 313 g/mol. The van der Waals surface area contributed by atoms with Gasteiger partial charge < -0.3 is 10.2 Å². The van der Waals surface area contributed by atoms with Crippen LogP contribution < -0.4 is 10.2 Å². The molecule has 23 heavy (non-hydrogen) atoms. The van der Waals surface area contributed by atoms with Gasteiger partial charge in [-0.05, 0) is 25.1 Å². The summed E-state index contributed by atoms with van der Waals surface area (Å²) in [7, 11) is 1.93. The lowest BCUT2D eigenvalue weighted by Crippen LogP contribution is -2.33. The SMILES string of the molecule is Cc1cccc(C(=O)NCCN(C)c2ccccc2)c1[N+](=O)[O-]. The minimum atomic E-state index is -0.514. The molecule has 0 saturated carbocycles. The normalized spacial score (nSPS) is 10.2. The van der Waals surface area contributed by atoms with E-state index in [4.69, 9.17) is 0 Å². The molecule has 0 aliphatic rings. The van der Waals surface area contributed by atoms with Gasteiger partial charge in [-0.25, -0.2) is 0 Å². The fourth-order valence-electron chi connectivity index (χ4n) is 2.33. The van der Waals surface area contributed by atoms with Gasteiger partial charge in [0.1, 0.15) is 5.56 Å². The zero-order valence-corrected chi connectivity index (χ0v) is 13.2. The maximum absolute atomic E-state index is 12.2. The molecule has 0 spiro atoms. The van der Waals surface area contributed by atoms with Crippen LogP contribution in [0, 0.1) is 17.0 Å². The number of para-hydroxylation sites is 2. The smallest absolute Gasteiger partial charge is 0.285 e. The largest absolute Gasteiger partial charge is 0.373 e. The summed E-state index contributed by atoms with van der Waals surface area (Å²) in [6.45, 7) is 2.63. The second kappa shape index (κ2) is 7.40. The minimum Gasteiger partial charge on any atom is -0.373 e. The van der Waals surface area contributed by atoms with Gasteiger partial charge in [0.25, 0.3) is 11.6 Å². The molecular formula is C17H19N3O3. The quantitative estimate of drug-likeness (QED) is 0.657. The number of rotatable bonds is 6. The minimum absolute atomic E-state index is 0.0948. The summed E-state index contributed by atoms with van der Waals surface area (Å²) in [6, 6.07) is 14.5.